The Balaban J connectivity index is 1.64. The van der Waals surface area contributed by atoms with Crippen LogP contribution in [0.4, 0.5) is 15.4 Å². The van der Waals surface area contributed by atoms with Gasteiger partial charge in [0.25, 0.3) is 0 Å². The van der Waals surface area contributed by atoms with Crippen LogP contribution < -0.4 is 10.2 Å². The van der Waals surface area contributed by atoms with Crippen LogP contribution in [0.5, 0.6) is 0 Å². The number of aromatic nitrogens is 1. The van der Waals surface area contributed by atoms with Gasteiger partial charge >= 0.3 is 12.2 Å². The molecule has 8 heteroatoms. The predicted molar refractivity (Wildman–Crippen MR) is 94.6 cm³/mol. The summed E-state index contributed by atoms with van der Waals surface area (Å²) >= 11 is 0. The van der Waals surface area contributed by atoms with E-state index in [0.29, 0.717) is 12.4 Å². The third-order valence-corrected chi connectivity index (χ3v) is 3.35. The highest BCUT2D eigenvalue weighted by Gasteiger charge is 2.16. The SMILES string of the molecule is CN(C(=O)OCC(O)COC(=O)NCc1ccccc1)c1ccccn1. The molecule has 2 rings (SSSR count). The van der Waals surface area contributed by atoms with E-state index in [1.807, 2.05) is 30.3 Å². The van der Waals surface area contributed by atoms with Gasteiger partial charge in [0.05, 0.1) is 0 Å². The number of aliphatic hydroxyl groups is 1. The molecule has 1 aromatic heterocycles. The molecule has 1 atom stereocenters. The number of amides is 2. The maximum absolute atomic E-state index is 11.9. The molecular formula is C18H21N3O5. The van der Waals surface area contributed by atoms with Crippen molar-refractivity contribution < 1.29 is 24.2 Å². The second kappa shape index (κ2) is 10.00. The summed E-state index contributed by atoms with van der Waals surface area (Å²) in [5, 5.41) is 12.3. The Morgan fingerprint density at radius 2 is 1.81 bits per heavy atom. The van der Waals surface area contributed by atoms with Crippen LogP contribution in [0.1, 0.15) is 5.56 Å². The summed E-state index contributed by atoms with van der Waals surface area (Å²) in [4.78, 5) is 28.7. The molecular weight excluding hydrogens is 338 g/mol. The Bertz CT molecular complexity index is 696. The number of anilines is 1. The van der Waals surface area contributed by atoms with E-state index in [2.05, 4.69) is 10.3 Å². The van der Waals surface area contributed by atoms with Crippen molar-refractivity contribution in [2.45, 2.75) is 12.6 Å². The van der Waals surface area contributed by atoms with Crippen LogP contribution in [0.15, 0.2) is 54.7 Å². The molecule has 0 radical (unpaired) electrons. The molecule has 0 bridgehead atoms. The van der Waals surface area contributed by atoms with Crippen LogP contribution in [-0.2, 0) is 16.0 Å². The van der Waals surface area contributed by atoms with E-state index in [9.17, 15) is 14.7 Å². The zero-order chi connectivity index (χ0) is 18.8. The van der Waals surface area contributed by atoms with Crippen molar-refractivity contribution >= 4 is 18.0 Å². The van der Waals surface area contributed by atoms with Gasteiger partial charge in [0.1, 0.15) is 25.1 Å². The van der Waals surface area contributed by atoms with Crippen molar-refractivity contribution in [1.29, 1.82) is 0 Å². The summed E-state index contributed by atoms with van der Waals surface area (Å²) in [6.45, 7) is -0.275. The lowest BCUT2D eigenvalue weighted by molar-refractivity contribution is 0.0244. The fraction of sp³-hybridized carbons (Fsp3) is 0.278. The van der Waals surface area contributed by atoms with Crippen LogP contribution in [-0.4, -0.2) is 48.6 Å². The third kappa shape index (κ3) is 6.40. The van der Waals surface area contributed by atoms with Gasteiger partial charge in [-0.25, -0.2) is 14.6 Å². The smallest absolute Gasteiger partial charge is 0.415 e. The van der Waals surface area contributed by atoms with Crippen molar-refractivity contribution in [2.24, 2.45) is 0 Å². The van der Waals surface area contributed by atoms with Gasteiger partial charge < -0.3 is 19.9 Å². The molecule has 0 aliphatic rings. The molecule has 2 N–H and O–H groups in total. The average molecular weight is 359 g/mol. The minimum absolute atomic E-state index is 0.290. The number of nitrogens with zero attached hydrogens (tertiary/aromatic N) is 2. The fourth-order valence-electron chi connectivity index (χ4n) is 1.95. The van der Waals surface area contributed by atoms with Gasteiger partial charge in [-0.1, -0.05) is 36.4 Å². The van der Waals surface area contributed by atoms with Crippen molar-refractivity contribution in [2.75, 3.05) is 25.2 Å². The van der Waals surface area contributed by atoms with Gasteiger partial charge in [-0.2, -0.15) is 0 Å². The number of benzene rings is 1. The number of alkyl carbamates (subject to hydrolysis) is 1. The third-order valence-electron chi connectivity index (χ3n) is 3.35. The van der Waals surface area contributed by atoms with Gasteiger partial charge in [0, 0.05) is 19.8 Å². The topological polar surface area (TPSA) is 101 Å². The molecule has 0 saturated heterocycles. The predicted octanol–water partition coefficient (Wildman–Crippen LogP) is 1.94. The lowest BCUT2D eigenvalue weighted by Gasteiger charge is -2.17. The van der Waals surface area contributed by atoms with E-state index in [-0.39, 0.29) is 13.2 Å². The highest BCUT2D eigenvalue weighted by Crippen LogP contribution is 2.08. The van der Waals surface area contributed by atoms with Crippen LogP contribution in [0, 0.1) is 0 Å². The second-order valence-electron chi connectivity index (χ2n) is 5.42. The Morgan fingerprint density at radius 1 is 1.12 bits per heavy atom. The summed E-state index contributed by atoms with van der Waals surface area (Å²) in [6, 6.07) is 14.5. The summed E-state index contributed by atoms with van der Waals surface area (Å²) in [6.07, 6.45) is -0.907. The molecule has 2 amide bonds. The van der Waals surface area contributed by atoms with E-state index in [1.165, 1.54) is 11.9 Å². The molecule has 0 aliphatic carbocycles. The number of carbonyl (C=O) groups is 2. The highest BCUT2D eigenvalue weighted by atomic mass is 16.6. The summed E-state index contributed by atoms with van der Waals surface area (Å²) in [7, 11) is 1.50. The maximum atomic E-state index is 11.9. The molecule has 2 aromatic rings. The zero-order valence-corrected chi connectivity index (χ0v) is 14.4. The number of nitrogens with one attached hydrogen (secondary N) is 1. The molecule has 1 heterocycles. The first kappa shape index (κ1) is 19.2. The van der Waals surface area contributed by atoms with Crippen LogP contribution in [0.3, 0.4) is 0 Å². The monoisotopic (exact) mass is 359 g/mol. The second-order valence-corrected chi connectivity index (χ2v) is 5.42. The molecule has 0 saturated carbocycles. The van der Waals surface area contributed by atoms with Crippen molar-refractivity contribution in [3.8, 4) is 0 Å². The normalized spacial score (nSPS) is 11.3. The summed E-state index contributed by atoms with van der Waals surface area (Å²) in [5.74, 6) is 0.420. The number of aliphatic hydroxyl groups excluding tert-OH is 1. The Kier molecular flexibility index (Phi) is 7.38. The average Bonchev–Trinajstić information content (AvgIpc) is 2.69. The standard InChI is InChI=1S/C18H21N3O5/c1-21(16-9-5-6-10-19-16)18(24)26-13-15(22)12-25-17(23)20-11-14-7-3-2-4-8-14/h2-10,15,22H,11-13H2,1H3,(H,20,23). The van der Waals surface area contributed by atoms with Crippen molar-refractivity contribution in [3.05, 3.63) is 60.3 Å². The molecule has 0 aliphatic heterocycles. The lowest BCUT2D eigenvalue weighted by atomic mass is 10.2. The van der Waals surface area contributed by atoms with Gasteiger partial charge in [-0.05, 0) is 17.7 Å². The van der Waals surface area contributed by atoms with E-state index < -0.39 is 18.3 Å². The van der Waals surface area contributed by atoms with Crippen molar-refractivity contribution in [3.63, 3.8) is 0 Å². The first-order valence-electron chi connectivity index (χ1n) is 8.00. The molecule has 0 spiro atoms. The van der Waals surface area contributed by atoms with Crippen LogP contribution in [0.2, 0.25) is 0 Å². The van der Waals surface area contributed by atoms with Crippen molar-refractivity contribution in [1.82, 2.24) is 10.3 Å². The van der Waals surface area contributed by atoms with Gasteiger partial charge in [-0.3, -0.25) is 4.90 Å². The number of hydrogen-bond donors (Lipinski definition) is 2. The highest BCUT2D eigenvalue weighted by molar-refractivity contribution is 5.85. The van der Waals surface area contributed by atoms with Gasteiger partial charge in [0.2, 0.25) is 0 Å². The first-order chi connectivity index (χ1) is 12.6. The Labute approximate surface area is 151 Å². The van der Waals surface area contributed by atoms with E-state index in [4.69, 9.17) is 9.47 Å². The quantitative estimate of drug-likeness (QED) is 0.783. The summed E-state index contributed by atoms with van der Waals surface area (Å²) in [5.41, 5.74) is 0.927. The number of rotatable bonds is 7. The molecule has 1 unspecified atom stereocenters. The molecule has 1 aromatic carbocycles. The lowest BCUT2D eigenvalue weighted by Crippen LogP contribution is -2.33. The Morgan fingerprint density at radius 3 is 2.50 bits per heavy atom. The molecule has 26 heavy (non-hydrogen) atoms. The maximum Gasteiger partial charge on any atom is 0.415 e. The van der Waals surface area contributed by atoms with Gasteiger partial charge in [0.15, 0.2) is 0 Å². The number of ether oxygens (including phenoxy) is 2. The molecule has 8 nitrogen and oxygen atoms in total. The fourth-order valence-corrected chi connectivity index (χ4v) is 1.95. The zero-order valence-electron chi connectivity index (χ0n) is 14.4. The number of hydrogen-bond acceptors (Lipinski definition) is 6. The Hall–Kier alpha value is -3.13. The van der Waals surface area contributed by atoms with E-state index in [1.54, 1.807) is 24.4 Å². The first-order valence-corrected chi connectivity index (χ1v) is 8.00. The van der Waals surface area contributed by atoms with E-state index in [0.717, 1.165) is 5.56 Å². The van der Waals surface area contributed by atoms with Crippen LogP contribution >= 0.6 is 0 Å². The number of pyridine rings is 1. The van der Waals surface area contributed by atoms with E-state index >= 15 is 0 Å². The minimum Gasteiger partial charge on any atom is -0.447 e. The molecule has 138 valence electrons. The minimum atomic E-state index is -1.13. The van der Waals surface area contributed by atoms with Crippen LogP contribution in [0.25, 0.3) is 0 Å². The number of carbonyl (C=O) groups excluding carboxylic acids is 2. The molecule has 0 fully saturated rings. The summed E-state index contributed by atoms with van der Waals surface area (Å²) < 4.78 is 9.85. The largest absolute Gasteiger partial charge is 0.447 e. The van der Waals surface area contributed by atoms with Gasteiger partial charge in [-0.15, -0.1) is 0 Å².